The first kappa shape index (κ1) is 6.54. The van der Waals surface area contributed by atoms with Crippen molar-refractivity contribution in [1.82, 2.24) is 4.98 Å². The smallest absolute Gasteiger partial charge is 0.449 e. The zero-order chi connectivity index (χ0) is 7.40. The minimum absolute atomic E-state index is 0.231. The van der Waals surface area contributed by atoms with E-state index in [1.807, 2.05) is 0 Å². The fourth-order valence-electron chi connectivity index (χ4n) is 0.508. The molecule has 1 aromatic heterocycles. The molecule has 0 fully saturated rings. The Balaban J connectivity index is 2.67. The van der Waals surface area contributed by atoms with Crippen molar-refractivity contribution in [3.63, 3.8) is 0 Å². The second-order valence-electron chi connectivity index (χ2n) is 1.56. The Morgan fingerprint density at radius 3 is 3.00 bits per heavy atom. The first-order valence-electron chi connectivity index (χ1n) is 2.60. The third kappa shape index (κ3) is 1.74. The van der Waals surface area contributed by atoms with Crippen LogP contribution in [0.25, 0.3) is 0 Å². The number of hydrogen-bond donors (Lipinski definition) is 1. The van der Waals surface area contributed by atoms with Gasteiger partial charge in [-0.3, -0.25) is 4.98 Å². The highest BCUT2D eigenvalue weighted by Crippen LogP contribution is 2.05. The molecule has 1 N–H and O–H groups in total. The van der Waals surface area contributed by atoms with Crippen molar-refractivity contribution in [1.29, 1.82) is 0 Å². The molecule has 4 heteroatoms. The van der Waals surface area contributed by atoms with E-state index in [4.69, 9.17) is 5.11 Å². The molecule has 0 bridgehead atoms. The first-order chi connectivity index (χ1) is 4.79. The summed E-state index contributed by atoms with van der Waals surface area (Å²) < 4.78 is 4.27. The van der Waals surface area contributed by atoms with E-state index in [-0.39, 0.29) is 5.75 Å². The maximum Gasteiger partial charge on any atom is 0.511 e. The topological polar surface area (TPSA) is 59.4 Å². The maximum atomic E-state index is 9.92. The fraction of sp³-hybridized carbons (Fsp3) is 0. The predicted molar refractivity (Wildman–Crippen MR) is 32.9 cm³/mol. The zero-order valence-corrected chi connectivity index (χ0v) is 5.02. The molecule has 0 amide bonds. The van der Waals surface area contributed by atoms with Gasteiger partial charge in [-0.25, -0.2) is 4.79 Å². The lowest BCUT2D eigenvalue weighted by molar-refractivity contribution is 0.144. The van der Waals surface area contributed by atoms with Gasteiger partial charge in [-0.15, -0.1) is 0 Å². The van der Waals surface area contributed by atoms with Gasteiger partial charge in [-0.2, -0.15) is 0 Å². The van der Waals surface area contributed by atoms with Crippen LogP contribution >= 0.6 is 0 Å². The summed E-state index contributed by atoms with van der Waals surface area (Å²) in [5.41, 5.74) is 0. The lowest BCUT2D eigenvalue weighted by atomic mass is 10.5. The van der Waals surface area contributed by atoms with Crippen molar-refractivity contribution in [3.8, 4) is 5.75 Å². The third-order valence-electron chi connectivity index (χ3n) is 0.840. The molecule has 0 aromatic carbocycles. The van der Waals surface area contributed by atoms with Crippen LogP contribution in [0.4, 0.5) is 4.79 Å². The Morgan fingerprint density at radius 2 is 2.50 bits per heavy atom. The summed E-state index contributed by atoms with van der Waals surface area (Å²) in [6.45, 7) is 0. The second-order valence-corrected chi connectivity index (χ2v) is 1.56. The lowest BCUT2D eigenvalue weighted by Gasteiger charge is -1.94. The minimum atomic E-state index is -1.33. The predicted octanol–water partition coefficient (Wildman–Crippen LogP) is 1.14. The summed E-state index contributed by atoms with van der Waals surface area (Å²) in [6.07, 6.45) is 1.54. The molecule has 10 heavy (non-hydrogen) atoms. The molecule has 0 aliphatic heterocycles. The molecular weight excluding hydrogens is 134 g/mol. The van der Waals surface area contributed by atoms with E-state index >= 15 is 0 Å². The van der Waals surface area contributed by atoms with Crippen LogP contribution < -0.4 is 4.74 Å². The number of hydrogen-bond acceptors (Lipinski definition) is 3. The van der Waals surface area contributed by atoms with Gasteiger partial charge in [0.25, 0.3) is 0 Å². The van der Waals surface area contributed by atoms with Gasteiger partial charge in [0.1, 0.15) is 0 Å². The van der Waals surface area contributed by atoms with Crippen LogP contribution in [0.15, 0.2) is 24.5 Å². The molecule has 0 unspecified atom stereocenters. The van der Waals surface area contributed by atoms with Gasteiger partial charge in [0.05, 0.1) is 6.20 Å². The average molecular weight is 139 g/mol. The van der Waals surface area contributed by atoms with Crippen LogP contribution in [0.3, 0.4) is 0 Å². The van der Waals surface area contributed by atoms with Gasteiger partial charge in [0.15, 0.2) is 5.75 Å². The SMILES string of the molecule is O=C(O)Oc1cccnc1. The van der Waals surface area contributed by atoms with Crippen LogP contribution in [-0.4, -0.2) is 16.2 Å². The Hall–Kier alpha value is -1.58. The zero-order valence-electron chi connectivity index (χ0n) is 5.02. The molecule has 0 aliphatic carbocycles. The number of carbonyl (C=O) groups is 1. The fourth-order valence-corrected chi connectivity index (χ4v) is 0.508. The molecule has 52 valence electrons. The standard InChI is InChI=1S/C6H5NO3/c8-6(9)10-5-2-1-3-7-4-5/h1-4H,(H,8,9). The number of nitrogens with zero attached hydrogens (tertiary/aromatic N) is 1. The highest BCUT2D eigenvalue weighted by atomic mass is 16.7. The van der Waals surface area contributed by atoms with Gasteiger partial charge in [0, 0.05) is 6.20 Å². The molecular formula is C6H5NO3. The summed E-state index contributed by atoms with van der Waals surface area (Å²) >= 11 is 0. The second kappa shape index (κ2) is 2.82. The monoisotopic (exact) mass is 139 g/mol. The average Bonchev–Trinajstić information content (AvgIpc) is 1.88. The van der Waals surface area contributed by atoms with Crippen LogP contribution in [0.2, 0.25) is 0 Å². The van der Waals surface area contributed by atoms with Crippen LogP contribution in [0, 0.1) is 0 Å². The summed E-state index contributed by atoms with van der Waals surface area (Å²) in [7, 11) is 0. The van der Waals surface area contributed by atoms with Gasteiger partial charge in [-0.05, 0) is 12.1 Å². The quantitative estimate of drug-likeness (QED) is 0.592. The molecule has 0 saturated heterocycles. The van der Waals surface area contributed by atoms with Gasteiger partial charge < -0.3 is 9.84 Å². The number of ether oxygens (including phenoxy) is 1. The molecule has 0 saturated carbocycles. The molecule has 0 atom stereocenters. The highest BCUT2D eigenvalue weighted by molar-refractivity contribution is 5.60. The Bertz CT molecular complexity index is 222. The molecule has 1 aromatic rings. The highest BCUT2D eigenvalue weighted by Gasteiger charge is 1.97. The van der Waals surface area contributed by atoms with Crippen LogP contribution in [-0.2, 0) is 0 Å². The van der Waals surface area contributed by atoms with Gasteiger partial charge in [-0.1, -0.05) is 0 Å². The van der Waals surface area contributed by atoms with Crippen LogP contribution in [0.5, 0.6) is 5.75 Å². The number of pyridine rings is 1. The number of rotatable bonds is 1. The number of aromatic nitrogens is 1. The van der Waals surface area contributed by atoms with Crippen molar-refractivity contribution >= 4 is 6.16 Å². The normalized spacial score (nSPS) is 8.80. The molecule has 0 spiro atoms. The number of carboxylic acid groups (broad SMARTS) is 1. The Morgan fingerprint density at radius 1 is 1.70 bits per heavy atom. The molecule has 1 rings (SSSR count). The van der Waals surface area contributed by atoms with E-state index in [0.29, 0.717) is 0 Å². The summed E-state index contributed by atoms with van der Waals surface area (Å²) in [5.74, 6) is 0.231. The third-order valence-corrected chi connectivity index (χ3v) is 0.840. The van der Waals surface area contributed by atoms with Crippen molar-refractivity contribution in [2.75, 3.05) is 0 Å². The van der Waals surface area contributed by atoms with E-state index in [9.17, 15) is 4.79 Å². The van der Waals surface area contributed by atoms with Gasteiger partial charge >= 0.3 is 6.16 Å². The summed E-state index contributed by atoms with van der Waals surface area (Å²) in [4.78, 5) is 13.6. The largest absolute Gasteiger partial charge is 0.511 e. The summed E-state index contributed by atoms with van der Waals surface area (Å²) in [5, 5.41) is 8.12. The van der Waals surface area contributed by atoms with Crippen molar-refractivity contribution < 1.29 is 14.6 Å². The van der Waals surface area contributed by atoms with Crippen molar-refractivity contribution in [3.05, 3.63) is 24.5 Å². The van der Waals surface area contributed by atoms with E-state index < -0.39 is 6.16 Å². The van der Waals surface area contributed by atoms with E-state index in [1.165, 1.54) is 18.5 Å². The van der Waals surface area contributed by atoms with E-state index in [2.05, 4.69) is 9.72 Å². The maximum absolute atomic E-state index is 9.92. The first-order valence-corrected chi connectivity index (χ1v) is 2.60. The van der Waals surface area contributed by atoms with Crippen LogP contribution in [0.1, 0.15) is 0 Å². The van der Waals surface area contributed by atoms with E-state index in [1.54, 1.807) is 6.07 Å². The van der Waals surface area contributed by atoms with E-state index in [0.717, 1.165) is 0 Å². The lowest BCUT2D eigenvalue weighted by Crippen LogP contribution is -2.02. The minimum Gasteiger partial charge on any atom is -0.449 e. The molecule has 4 nitrogen and oxygen atoms in total. The molecule has 0 radical (unpaired) electrons. The van der Waals surface area contributed by atoms with Crippen molar-refractivity contribution in [2.24, 2.45) is 0 Å². The Kier molecular flexibility index (Phi) is 1.84. The Labute approximate surface area is 57.1 Å². The molecule has 1 heterocycles. The molecule has 0 aliphatic rings. The summed E-state index contributed by atoms with van der Waals surface area (Å²) in [6, 6.07) is 3.11. The van der Waals surface area contributed by atoms with Gasteiger partial charge in [0.2, 0.25) is 0 Å². The van der Waals surface area contributed by atoms with Crippen molar-refractivity contribution in [2.45, 2.75) is 0 Å².